The molecule has 1 aromatic heterocycles. The van der Waals surface area contributed by atoms with Crippen molar-refractivity contribution in [3.05, 3.63) is 96.4 Å². The number of halogens is 1. The SMILES string of the molecule is O=C(Nc1ncc(-c2ccc(F)cc2)nc1-c1ccc(O)cc1)c1ccccc1. The number of nitrogens with zero attached hydrogens (tertiary/aromatic N) is 2. The molecule has 0 saturated heterocycles. The molecule has 0 spiro atoms. The van der Waals surface area contributed by atoms with Gasteiger partial charge in [0.2, 0.25) is 0 Å². The Balaban J connectivity index is 1.76. The van der Waals surface area contributed by atoms with Crippen molar-refractivity contribution in [3.63, 3.8) is 0 Å². The number of benzene rings is 3. The first-order valence-electron chi connectivity index (χ1n) is 8.89. The molecule has 0 aliphatic carbocycles. The maximum atomic E-state index is 13.2. The lowest BCUT2D eigenvalue weighted by Gasteiger charge is -2.12. The van der Waals surface area contributed by atoms with Crippen molar-refractivity contribution in [2.75, 3.05) is 5.32 Å². The molecule has 4 rings (SSSR count). The predicted octanol–water partition coefficient (Wildman–Crippen LogP) is 4.91. The van der Waals surface area contributed by atoms with E-state index in [0.717, 1.165) is 0 Å². The predicted molar refractivity (Wildman–Crippen MR) is 109 cm³/mol. The molecule has 0 saturated carbocycles. The summed E-state index contributed by atoms with van der Waals surface area (Å²) in [6.07, 6.45) is 1.53. The summed E-state index contributed by atoms with van der Waals surface area (Å²) >= 11 is 0. The van der Waals surface area contributed by atoms with Gasteiger partial charge >= 0.3 is 0 Å². The molecule has 142 valence electrons. The lowest BCUT2D eigenvalue weighted by molar-refractivity contribution is 0.102. The number of nitrogens with one attached hydrogen (secondary N) is 1. The Kier molecular flexibility index (Phi) is 4.99. The summed E-state index contributed by atoms with van der Waals surface area (Å²) in [5.41, 5.74) is 2.83. The number of aromatic hydroxyl groups is 1. The van der Waals surface area contributed by atoms with Crippen molar-refractivity contribution >= 4 is 11.7 Å². The van der Waals surface area contributed by atoms with Crippen LogP contribution in [0.2, 0.25) is 0 Å². The van der Waals surface area contributed by atoms with E-state index in [1.807, 2.05) is 6.07 Å². The maximum Gasteiger partial charge on any atom is 0.256 e. The van der Waals surface area contributed by atoms with E-state index >= 15 is 0 Å². The van der Waals surface area contributed by atoms with Crippen LogP contribution in [0, 0.1) is 5.82 Å². The van der Waals surface area contributed by atoms with Crippen LogP contribution < -0.4 is 5.32 Å². The molecule has 2 N–H and O–H groups in total. The van der Waals surface area contributed by atoms with E-state index in [2.05, 4.69) is 15.3 Å². The number of rotatable bonds is 4. The van der Waals surface area contributed by atoms with Crippen molar-refractivity contribution in [1.29, 1.82) is 0 Å². The minimum atomic E-state index is -0.341. The molecule has 0 radical (unpaired) electrons. The Morgan fingerprint density at radius 2 is 1.52 bits per heavy atom. The van der Waals surface area contributed by atoms with Crippen molar-refractivity contribution in [1.82, 2.24) is 9.97 Å². The molecule has 3 aromatic carbocycles. The van der Waals surface area contributed by atoms with Crippen molar-refractivity contribution in [3.8, 4) is 28.3 Å². The van der Waals surface area contributed by atoms with Crippen molar-refractivity contribution in [2.24, 2.45) is 0 Å². The van der Waals surface area contributed by atoms with E-state index < -0.39 is 0 Å². The number of carbonyl (C=O) groups excluding carboxylic acids is 1. The zero-order valence-electron chi connectivity index (χ0n) is 15.2. The van der Waals surface area contributed by atoms with Gasteiger partial charge < -0.3 is 10.4 Å². The van der Waals surface area contributed by atoms with Gasteiger partial charge in [0.25, 0.3) is 5.91 Å². The van der Waals surface area contributed by atoms with E-state index in [1.54, 1.807) is 48.5 Å². The van der Waals surface area contributed by atoms with Crippen molar-refractivity contribution < 1.29 is 14.3 Å². The van der Waals surface area contributed by atoms with Gasteiger partial charge in [-0.05, 0) is 60.7 Å². The van der Waals surface area contributed by atoms with Crippen LogP contribution in [0.5, 0.6) is 5.75 Å². The highest BCUT2D eigenvalue weighted by atomic mass is 19.1. The van der Waals surface area contributed by atoms with Gasteiger partial charge in [0, 0.05) is 16.7 Å². The minimum absolute atomic E-state index is 0.117. The molecule has 0 fully saturated rings. The first-order chi connectivity index (χ1) is 14.1. The minimum Gasteiger partial charge on any atom is -0.508 e. The first-order valence-corrected chi connectivity index (χ1v) is 8.89. The average Bonchev–Trinajstić information content (AvgIpc) is 2.76. The number of carbonyl (C=O) groups is 1. The van der Waals surface area contributed by atoms with Gasteiger partial charge in [0.15, 0.2) is 5.82 Å². The van der Waals surface area contributed by atoms with Crippen LogP contribution in [0.15, 0.2) is 85.1 Å². The smallest absolute Gasteiger partial charge is 0.256 e. The zero-order valence-corrected chi connectivity index (χ0v) is 15.2. The molecular formula is C23H16FN3O2. The Hall–Kier alpha value is -4.06. The summed E-state index contributed by atoms with van der Waals surface area (Å²) in [4.78, 5) is 21.6. The molecule has 0 bridgehead atoms. The molecule has 4 aromatic rings. The third-order valence-corrected chi connectivity index (χ3v) is 4.32. The summed E-state index contributed by atoms with van der Waals surface area (Å²) in [6.45, 7) is 0. The second-order valence-corrected chi connectivity index (χ2v) is 6.33. The standard InChI is InChI=1S/C23H16FN3O2/c24-18-10-6-15(7-11-18)20-14-25-22(27-23(29)17-4-2-1-3-5-17)21(26-20)16-8-12-19(28)13-9-16/h1-14,28H,(H,25,27,29). The molecule has 0 aliphatic rings. The highest BCUT2D eigenvalue weighted by molar-refractivity contribution is 6.05. The van der Waals surface area contributed by atoms with Crippen LogP contribution in [0.25, 0.3) is 22.5 Å². The molecular weight excluding hydrogens is 369 g/mol. The second-order valence-electron chi connectivity index (χ2n) is 6.33. The topological polar surface area (TPSA) is 75.1 Å². The molecule has 0 unspecified atom stereocenters. The van der Waals surface area contributed by atoms with Gasteiger partial charge in [-0.25, -0.2) is 14.4 Å². The third kappa shape index (κ3) is 4.11. The van der Waals surface area contributed by atoms with Crippen LogP contribution in [-0.2, 0) is 0 Å². The van der Waals surface area contributed by atoms with Crippen LogP contribution in [-0.4, -0.2) is 21.0 Å². The highest BCUT2D eigenvalue weighted by Crippen LogP contribution is 2.29. The van der Waals surface area contributed by atoms with Gasteiger partial charge in [0.1, 0.15) is 17.3 Å². The van der Waals surface area contributed by atoms with Gasteiger partial charge in [-0.3, -0.25) is 4.79 Å². The summed E-state index contributed by atoms with van der Waals surface area (Å²) in [6, 6.07) is 21.2. The lowest BCUT2D eigenvalue weighted by Crippen LogP contribution is -2.14. The fourth-order valence-electron chi connectivity index (χ4n) is 2.83. The van der Waals surface area contributed by atoms with E-state index in [-0.39, 0.29) is 23.3 Å². The lowest BCUT2D eigenvalue weighted by atomic mass is 10.1. The molecule has 1 amide bonds. The Labute approximate surface area is 166 Å². The average molecular weight is 385 g/mol. The van der Waals surface area contributed by atoms with Gasteiger partial charge in [-0.1, -0.05) is 18.2 Å². The Bertz CT molecular complexity index is 1150. The maximum absolute atomic E-state index is 13.2. The number of phenols is 1. The van der Waals surface area contributed by atoms with E-state index in [1.165, 1.54) is 30.5 Å². The third-order valence-electron chi connectivity index (χ3n) is 4.32. The van der Waals surface area contributed by atoms with Gasteiger partial charge in [-0.2, -0.15) is 0 Å². The fourth-order valence-corrected chi connectivity index (χ4v) is 2.83. The Morgan fingerprint density at radius 3 is 2.21 bits per heavy atom. The number of hydrogen-bond donors (Lipinski definition) is 2. The molecule has 6 heteroatoms. The molecule has 5 nitrogen and oxygen atoms in total. The van der Waals surface area contributed by atoms with E-state index in [9.17, 15) is 14.3 Å². The quantitative estimate of drug-likeness (QED) is 0.524. The van der Waals surface area contributed by atoms with Crippen LogP contribution in [0.4, 0.5) is 10.2 Å². The molecule has 1 heterocycles. The largest absolute Gasteiger partial charge is 0.508 e. The number of anilines is 1. The number of aromatic nitrogens is 2. The second kappa shape index (κ2) is 7.90. The number of amides is 1. The van der Waals surface area contributed by atoms with Gasteiger partial charge in [0.05, 0.1) is 11.9 Å². The van der Waals surface area contributed by atoms with Crippen LogP contribution in [0.3, 0.4) is 0 Å². The first kappa shape index (κ1) is 18.3. The molecule has 0 atom stereocenters. The Morgan fingerprint density at radius 1 is 0.862 bits per heavy atom. The molecule has 29 heavy (non-hydrogen) atoms. The fraction of sp³-hybridized carbons (Fsp3) is 0. The molecule has 0 aliphatic heterocycles. The highest BCUT2D eigenvalue weighted by Gasteiger charge is 2.15. The monoisotopic (exact) mass is 385 g/mol. The summed E-state index contributed by atoms with van der Waals surface area (Å²) in [7, 11) is 0. The van der Waals surface area contributed by atoms with E-state index in [0.29, 0.717) is 28.1 Å². The number of phenolic OH excluding ortho intramolecular Hbond substituents is 1. The van der Waals surface area contributed by atoms with Crippen LogP contribution >= 0.6 is 0 Å². The van der Waals surface area contributed by atoms with Crippen molar-refractivity contribution in [2.45, 2.75) is 0 Å². The summed E-state index contributed by atoms with van der Waals surface area (Å²) in [5, 5.41) is 12.4. The van der Waals surface area contributed by atoms with E-state index in [4.69, 9.17) is 0 Å². The van der Waals surface area contributed by atoms with Crippen LogP contribution in [0.1, 0.15) is 10.4 Å². The normalized spacial score (nSPS) is 10.5. The zero-order chi connectivity index (χ0) is 20.2. The summed E-state index contributed by atoms with van der Waals surface area (Å²) < 4.78 is 13.2. The summed E-state index contributed by atoms with van der Waals surface area (Å²) in [5.74, 6) is -0.247. The number of hydrogen-bond acceptors (Lipinski definition) is 4. The van der Waals surface area contributed by atoms with Gasteiger partial charge in [-0.15, -0.1) is 0 Å².